The Labute approximate surface area is 153 Å². The fourth-order valence-electron chi connectivity index (χ4n) is 4.74. The molecule has 1 aromatic rings. The molecule has 1 aliphatic heterocycles. The number of carbonyl (C=O) groups is 2. The Balaban J connectivity index is 1.52. The number of nitrogens with zero attached hydrogens (tertiary/aromatic N) is 3. The number of rotatable bonds is 5. The van der Waals surface area contributed by atoms with E-state index in [4.69, 9.17) is 0 Å². The van der Waals surface area contributed by atoms with Gasteiger partial charge >= 0.3 is 0 Å². The Morgan fingerprint density at radius 3 is 2.68 bits per heavy atom. The molecule has 1 saturated heterocycles. The minimum absolute atomic E-state index is 0.105. The second-order valence-corrected chi connectivity index (χ2v) is 9.70. The molecule has 1 aliphatic carbocycles. The molecule has 2 aliphatic rings. The van der Waals surface area contributed by atoms with Crippen LogP contribution in [0.2, 0.25) is 0 Å². The quantitative estimate of drug-likeness (QED) is 0.870. The van der Waals surface area contributed by atoms with Crippen molar-refractivity contribution < 1.29 is 9.59 Å². The summed E-state index contributed by atoms with van der Waals surface area (Å²) >= 11 is 1.38. The molecule has 1 N–H and O–H groups in total. The highest BCUT2D eigenvalue weighted by Crippen LogP contribution is 2.52. The van der Waals surface area contributed by atoms with Crippen molar-refractivity contribution in [3.63, 3.8) is 0 Å². The largest absolute Gasteiger partial charge is 0.339 e. The van der Waals surface area contributed by atoms with E-state index in [2.05, 4.69) is 36.3 Å². The van der Waals surface area contributed by atoms with Crippen molar-refractivity contribution in [3.8, 4) is 0 Å². The number of hydrogen-bond acceptors (Lipinski definition) is 5. The Kier molecular flexibility index (Phi) is 4.88. The van der Waals surface area contributed by atoms with E-state index in [-0.39, 0.29) is 30.1 Å². The van der Waals surface area contributed by atoms with Crippen molar-refractivity contribution in [1.82, 2.24) is 15.1 Å². The van der Waals surface area contributed by atoms with Crippen LogP contribution in [0.5, 0.6) is 0 Å². The zero-order valence-electron chi connectivity index (χ0n) is 15.6. The van der Waals surface area contributed by atoms with Gasteiger partial charge in [-0.15, -0.1) is 10.2 Å². The highest BCUT2D eigenvalue weighted by atomic mass is 32.1. The number of hydrogen-bond donors (Lipinski definition) is 1. The SMILES string of the molecule is CCc1nnc(NC(=O)CCC(=O)N2CC3(C)CC2CC(C)(C)C3)s1. The first-order chi connectivity index (χ1) is 11.7. The standard InChI is InChI=1S/C18H28N4O2S/c1-5-14-20-21-16(25-14)19-13(23)6-7-15(24)22-11-18(4)9-12(22)8-17(2,3)10-18/h12H,5-11H2,1-4H3,(H,19,21,23). The van der Waals surface area contributed by atoms with E-state index < -0.39 is 0 Å². The van der Waals surface area contributed by atoms with Crippen LogP contribution in [0.3, 0.4) is 0 Å². The summed E-state index contributed by atoms with van der Waals surface area (Å²) in [7, 11) is 0. The minimum Gasteiger partial charge on any atom is -0.339 e. The van der Waals surface area contributed by atoms with Gasteiger partial charge in [0.05, 0.1) is 0 Å². The Bertz CT molecular complexity index is 672. The minimum atomic E-state index is -0.166. The summed E-state index contributed by atoms with van der Waals surface area (Å²) in [5.74, 6) is -0.0612. The highest BCUT2D eigenvalue weighted by Gasteiger charge is 2.50. The van der Waals surface area contributed by atoms with Crippen LogP contribution < -0.4 is 5.32 Å². The number of aromatic nitrogens is 2. The molecule has 2 amide bonds. The molecule has 2 heterocycles. The van der Waals surface area contributed by atoms with Gasteiger partial charge in [0.2, 0.25) is 16.9 Å². The van der Waals surface area contributed by atoms with Gasteiger partial charge in [0, 0.05) is 25.4 Å². The summed E-state index contributed by atoms with van der Waals surface area (Å²) in [6.45, 7) is 9.72. The van der Waals surface area contributed by atoms with Gasteiger partial charge in [-0.2, -0.15) is 0 Å². The summed E-state index contributed by atoms with van der Waals surface area (Å²) in [5.41, 5.74) is 0.520. The number of nitrogens with one attached hydrogen (secondary N) is 1. The van der Waals surface area contributed by atoms with Crippen molar-refractivity contribution in [3.05, 3.63) is 5.01 Å². The molecule has 25 heavy (non-hydrogen) atoms. The molecule has 2 atom stereocenters. The summed E-state index contributed by atoms with van der Waals surface area (Å²) in [5, 5.41) is 12.1. The molecule has 0 spiro atoms. The predicted molar refractivity (Wildman–Crippen MR) is 98.4 cm³/mol. The first-order valence-electron chi connectivity index (χ1n) is 9.11. The van der Waals surface area contributed by atoms with Gasteiger partial charge in [0.25, 0.3) is 0 Å². The van der Waals surface area contributed by atoms with Gasteiger partial charge in [0.15, 0.2) is 0 Å². The van der Waals surface area contributed by atoms with Gasteiger partial charge in [-0.05, 0) is 36.5 Å². The molecule has 1 aromatic heterocycles. The second kappa shape index (κ2) is 6.67. The first-order valence-corrected chi connectivity index (χ1v) is 9.93. The highest BCUT2D eigenvalue weighted by molar-refractivity contribution is 7.15. The molecule has 7 heteroatoms. The maximum absolute atomic E-state index is 12.7. The van der Waals surface area contributed by atoms with Gasteiger partial charge in [-0.3, -0.25) is 9.59 Å². The summed E-state index contributed by atoms with van der Waals surface area (Å²) in [6.07, 6.45) is 4.58. The normalized spacial score (nSPS) is 27.4. The van der Waals surface area contributed by atoms with Crippen LogP contribution >= 0.6 is 11.3 Å². The third-order valence-electron chi connectivity index (χ3n) is 5.32. The van der Waals surface area contributed by atoms with Crippen LogP contribution in [0.4, 0.5) is 5.13 Å². The average molecular weight is 365 g/mol. The van der Waals surface area contributed by atoms with E-state index >= 15 is 0 Å². The van der Waals surface area contributed by atoms with Gasteiger partial charge in [0.1, 0.15) is 5.01 Å². The fourth-order valence-corrected chi connectivity index (χ4v) is 5.44. The molecule has 3 rings (SSSR count). The van der Waals surface area contributed by atoms with E-state index in [0.717, 1.165) is 37.2 Å². The molecular formula is C18H28N4O2S. The van der Waals surface area contributed by atoms with Gasteiger partial charge in [-0.1, -0.05) is 39.0 Å². The molecule has 1 saturated carbocycles. The summed E-state index contributed by atoms with van der Waals surface area (Å²) in [4.78, 5) is 26.8. The van der Waals surface area contributed by atoms with Crippen molar-refractivity contribution in [2.24, 2.45) is 10.8 Å². The zero-order chi connectivity index (χ0) is 18.2. The number of anilines is 1. The maximum Gasteiger partial charge on any atom is 0.226 e. The molecule has 2 fully saturated rings. The summed E-state index contributed by atoms with van der Waals surface area (Å²) in [6, 6.07) is 0.333. The van der Waals surface area contributed by atoms with Crippen LogP contribution in [-0.4, -0.2) is 39.5 Å². The van der Waals surface area contributed by atoms with Crippen LogP contribution in [0, 0.1) is 10.8 Å². The first kappa shape index (κ1) is 18.3. The smallest absolute Gasteiger partial charge is 0.226 e. The number of fused-ring (bicyclic) bond motifs is 2. The molecule has 6 nitrogen and oxygen atoms in total. The Hall–Kier alpha value is -1.50. The van der Waals surface area contributed by atoms with Crippen molar-refractivity contribution in [1.29, 1.82) is 0 Å². The number of amides is 2. The van der Waals surface area contributed by atoms with Crippen molar-refractivity contribution in [2.45, 2.75) is 72.3 Å². The topological polar surface area (TPSA) is 75.2 Å². The number of aryl methyl sites for hydroxylation is 1. The van der Waals surface area contributed by atoms with E-state index in [1.54, 1.807) is 0 Å². The van der Waals surface area contributed by atoms with E-state index in [0.29, 0.717) is 16.6 Å². The van der Waals surface area contributed by atoms with E-state index in [1.807, 2.05) is 11.8 Å². The van der Waals surface area contributed by atoms with Crippen LogP contribution in [0.15, 0.2) is 0 Å². The maximum atomic E-state index is 12.7. The number of likely N-dealkylation sites (tertiary alicyclic amines) is 1. The lowest BCUT2D eigenvalue weighted by atomic mass is 9.65. The van der Waals surface area contributed by atoms with Gasteiger partial charge < -0.3 is 10.2 Å². The lowest BCUT2D eigenvalue weighted by Crippen LogP contribution is -2.38. The lowest BCUT2D eigenvalue weighted by Gasteiger charge is -2.39. The molecular weight excluding hydrogens is 336 g/mol. The Morgan fingerprint density at radius 2 is 2.00 bits per heavy atom. The third kappa shape index (κ3) is 4.19. The van der Waals surface area contributed by atoms with Crippen LogP contribution in [0.1, 0.15) is 64.8 Å². The van der Waals surface area contributed by atoms with E-state index in [9.17, 15) is 9.59 Å². The monoisotopic (exact) mass is 364 g/mol. The molecule has 0 aromatic carbocycles. The molecule has 138 valence electrons. The lowest BCUT2D eigenvalue weighted by molar-refractivity contribution is -0.133. The molecule has 2 bridgehead atoms. The average Bonchev–Trinajstić information content (AvgIpc) is 3.05. The Morgan fingerprint density at radius 1 is 1.24 bits per heavy atom. The van der Waals surface area contributed by atoms with Crippen LogP contribution in [-0.2, 0) is 16.0 Å². The predicted octanol–water partition coefficient (Wildman–Crippen LogP) is 3.25. The third-order valence-corrected chi connectivity index (χ3v) is 6.30. The molecule has 2 unspecified atom stereocenters. The zero-order valence-corrected chi connectivity index (χ0v) is 16.4. The van der Waals surface area contributed by atoms with Crippen LogP contribution in [0.25, 0.3) is 0 Å². The fraction of sp³-hybridized carbons (Fsp3) is 0.778. The molecule has 0 radical (unpaired) electrons. The van der Waals surface area contributed by atoms with Crippen molar-refractivity contribution in [2.75, 3.05) is 11.9 Å². The summed E-state index contributed by atoms with van der Waals surface area (Å²) < 4.78 is 0. The number of carbonyl (C=O) groups excluding carboxylic acids is 2. The second-order valence-electron chi connectivity index (χ2n) is 8.64. The van der Waals surface area contributed by atoms with E-state index in [1.165, 1.54) is 11.3 Å². The van der Waals surface area contributed by atoms with Gasteiger partial charge in [-0.25, -0.2) is 0 Å². The van der Waals surface area contributed by atoms with Crippen molar-refractivity contribution >= 4 is 28.3 Å².